The van der Waals surface area contributed by atoms with Crippen molar-refractivity contribution in [1.29, 1.82) is 0 Å². The average molecular weight is 562 g/mol. The molecule has 1 aromatic rings. The second-order valence-electron chi connectivity index (χ2n) is 7.08. The van der Waals surface area contributed by atoms with Crippen molar-refractivity contribution >= 4 is 63.0 Å². The molecule has 1 aliphatic heterocycles. The molecule has 0 unspecified atom stereocenters. The molecule has 1 aromatic heterocycles. The van der Waals surface area contributed by atoms with Gasteiger partial charge in [0, 0.05) is 38.4 Å². The summed E-state index contributed by atoms with van der Waals surface area (Å²) >= 11 is 8.60. The van der Waals surface area contributed by atoms with Gasteiger partial charge in [-0.25, -0.2) is 4.98 Å². The van der Waals surface area contributed by atoms with Crippen LogP contribution in [0.15, 0.2) is 22.8 Å². The fourth-order valence-corrected chi connectivity index (χ4v) is 3.53. The number of hydrogen-bond donors (Lipinski definition) is 2. The van der Waals surface area contributed by atoms with Gasteiger partial charge in [-0.2, -0.15) is 0 Å². The van der Waals surface area contributed by atoms with E-state index in [4.69, 9.17) is 35.9 Å². The second kappa shape index (κ2) is 12.6. The molecule has 2 N–H and O–H groups in total. The van der Waals surface area contributed by atoms with E-state index in [2.05, 4.69) is 31.5 Å². The van der Waals surface area contributed by atoms with Crippen LogP contribution in [0.4, 0.5) is 5.82 Å². The van der Waals surface area contributed by atoms with Gasteiger partial charge >= 0.3 is 23.9 Å². The number of ether oxygens (including phenoxy) is 5. The van der Waals surface area contributed by atoms with Crippen LogP contribution in [0.5, 0.6) is 0 Å². The summed E-state index contributed by atoms with van der Waals surface area (Å²) in [6.45, 7) is 4.28. The molecule has 5 atom stereocenters. The third-order valence-corrected chi connectivity index (χ3v) is 4.92. The van der Waals surface area contributed by atoms with Gasteiger partial charge < -0.3 is 34.3 Å². The zero-order valence-electron chi connectivity index (χ0n) is 18.7. The lowest BCUT2D eigenvalue weighted by Gasteiger charge is -2.44. The van der Waals surface area contributed by atoms with Crippen LogP contribution in [0.25, 0.3) is 0 Å². The number of carbonyl (C=O) groups excluding carboxylic acids is 4. The molecule has 0 spiro atoms. The minimum atomic E-state index is -1.30. The highest BCUT2D eigenvalue weighted by molar-refractivity contribution is 9.10. The molecule has 12 nitrogen and oxygen atoms in total. The molecule has 0 radical (unpaired) electrons. The lowest BCUT2D eigenvalue weighted by Crippen LogP contribution is -2.66. The second-order valence-corrected chi connectivity index (χ2v) is 8.40. The van der Waals surface area contributed by atoms with Gasteiger partial charge in [0.25, 0.3) is 0 Å². The molecule has 0 aliphatic carbocycles. The molecule has 2 rings (SSSR count). The predicted octanol–water partition coefficient (Wildman–Crippen LogP) is 1.21. The Kier molecular flexibility index (Phi) is 10.1. The molecule has 14 heteroatoms. The normalized spacial score (nSPS) is 23.7. The van der Waals surface area contributed by atoms with Crippen molar-refractivity contribution in [3.63, 3.8) is 0 Å². The van der Waals surface area contributed by atoms with Gasteiger partial charge in [0.2, 0.25) is 0 Å². The quantitative estimate of drug-likeness (QED) is 0.279. The highest BCUT2D eigenvalue weighted by atomic mass is 79.9. The number of anilines is 1. The Labute approximate surface area is 209 Å². The highest BCUT2D eigenvalue weighted by Gasteiger charge is 2.52. The van der Waals surface area contributed by atoms with Crippen molar-refractivity contribution in [3.8, 4) is 0 Å². The van der Waals surface area contributed by atoms with Crippen LogP contribution < -0.4 is 10.6 Å². The van der Waals surface area contributed by atoms with Gasteiger partial charge in [0.15, 0.2) is 29.7 Å². The third-order valence-electron chi connectivity index (χ3n) is 4.23. The van der Waals surface area contributed by atoms with Crippen molar-refractivity contribution in [1.82, 2.24) is 10.3 Å². The molecule has 0 saturated carbocycles. The first-order valence-electron chi connectivity index (χ1n) is 9.95. The molecule has 2 heterocycles. The first-order valence-corrected chi connectivity index (χ1v) is 11.2. The first-order chi connectivity index (χ1) is 16.0. The van der Waals surface area contributed by atoms with Crippen LogP contribution in [0.3, 0.4) is 0 Å². The summed E-state index contributed by atoms with van der Waals surface area (Å²) in [6.07, 6.45) is -4.55. The number of pyridine rings is 1. The van der Waals surface area contributed by atoms with E-state index in [9.17, 15) is 19.2 Å². The van der Waals surface area contributed by atoms with Gasteiger partial charge in [0.1, 0.15) is 18.5 Å². The number of hydrogen-bond acceptors (Lipinski definition) is 11. The minimum Gasteiger partial charge on any atom is -0.463 e. The number of carbonyl (C=O) groups is 4. The maximum atomic E-state index is 11.8. The lowest BCUT2D eigenvalue weighted by atomic mass is 9.97. The molecule has 186 valence electrons. The summed E-state index contributed by atoms with van der Waals surface area (Å²) in [7, 11) is 0. The van der Waals surface area contributed by atoms with Crippen LogP contribution >= 0.6 is 28.1 Å². The molecule has 0 aromatic carbocycles. The van der Waals surface area contributed by atoms with E-state index < -0.39 is 54.5 Å². The highest BCUT2D eigenvalue weighted by Crippen LogP contribution is 2.28. The zero-order valence-corrected chi connectivity index (χ0v) is 21.1. The number of nitrogens with one attached hydrogen (secondary N) is 2. The van der Waals surface area contributed by atoms with Gasteiger partial charge in [-0.1, -0.05) is 0 Å². The van der Waals surface area contributed by atoms with Crippen molar-refractivity contribution in [2.24, 2.45) is 0 Å². The van der Waals surface area contributed by atoms with Crippen molar-refractivity contribution in [2.45, 2.75) is 58.3 Å². The van der Waals surface area contributed by atoms with E-state index in [1.807, 2.05) is 0 Å². The summed E-state index contributed by atoms with van der Waals surface area (Å²) in [5, 5.41) is 5.71. The molecule has 34 heavy (non-hydrogen) atoms. The third kappa shape index (κ3) is 8.50. The van der Waals surface area contributed by atoms with Crippen LogP contribution in [0.2, 0.25) is 0 Å². The van der Waals surface area contributed by atoms with E-state index in [1.54, 1.807) is 18.3 Å². The van der Waals surface area contributed by atoms with E-state index >= 15 is 0 Å². The van der Waals surface area contributed by atoms with Crippen LogP contribution in [-0.4, -0.2) is 71.2 Å². The summed E-state index contributed by atoms with van der Waals surface area (Å²) in [5.41, 5.74) is 0. The summed E-state index contributed by atoms with van der Waals surface area (Å²) in [4.78, 5) is 51.0. The van der Waals surface area contributed by atoms with Gasteiger partial charge in [-0.05, 0) is 40.3 Å². The first kappa shape index (κ1) is 27.4. The van der Waals surface area contributed by atoms with E-state index in [0.717, 1.165) is 25.2 Å². The summed E-state index contributed by atoms with van der Waals surface area (Å²) in [6, 6.07) is 3.40. The fraction of sp³-hybridized carbons (Fsp3) is 0.500. The SMILES string of the molecule is CC(=O)OC[C@@H]1O[C@@H](NC(=S)Nc2ccc(Br)cn2)[C@@H](OC(C)=O)[C@@H](OC(C)=O)[C@@H]1OC(C)=O. The Balaban J connectivity index is 2.35. The average Bonchev–Trinajstić information content (AvgIpc) is 2.71. The fourth-order valence-electron chi connectivity index (χ4n) is 3.08. The van der Waals surface area contributed by atoms with Gasteiger partial charge in [-0.3, -0.25) is 19.2 Å². The largest absolute Gasteiger partial charge is 0.463 e. The number of thiocarbonyl (C=S) groups is 1. The van der Waals surface area contributed by atoms with Crippen LogP contribution in [-0.2, 0) is 42.9 Å². The van der Waals surface area contributed by atoms with E-state index in [0.29, 0.717) is 5.82 Å². The Morgan fingerprint density at radius 2 is 1.56 bits per heavy atom. The minimum absolute atomic E-state index is 0.0377. The number of esters is 4. The Morgan fingerprint density at radius 1 is 0.971 bits per heavy atom. The molecule has 1 fully saturated rings. The van der Waals surface area contributed by atoms with Crippen molar-refractivity contribution < 1.29 is 42.9 Å². The van der Waals surface area contributed by atoms with Crippen LogP contribution in [0.1, 0.15) is 27.7 Å². The smallest absolute Gasteiger partial charge is 0.303 e. The zero-order chi connectivity index (χ0) is 25.4. The number of halogens is 1. The number of rotatable bonds is 7. The summed E-state index contributed by atoms with van der Waals surface area (Å²) in [5.74, 6) is -2.37. The van der Waals surface area contributed by atoms with Gasteiger partial charge in [0.05, 0.1) is 0 Å². The van der Waals surface area contributed by atoms with Crippen molar-refractivity contribution in [3.05, 3.63) is 22.8 Å². The molecule has 0 amide bonds. The predicted molar refractivity (Wildman–Crippen MR) is 123 cm³/mol. The van der Waals surface area contributed by atoms with Gasteiger partial charge in [-0.15, -0.1) is 0 Å². The Bertz CT molecular complexity index is 930. The maximum Gasteiger partial charge on any atom is 0.303 e. The van der Waals surface area contributed by atoms with Crippen molar-refractivity contribution in [2.75, 3.05) is 11.9 Å². The Morgan fingerprint density at radius 3 is 2.09 bits per heavy atom. The van der Waals surface area contributed by atoms with E-state index in [-0.39, 0.29) is 11.7 Å². The lowest BCUT2D eigenvalue weighted by molar-refractivity contribution is -0.254. The molecule has 1 aliphatic rings. The number of aromatic nitrogens is 1. The van der Waals surface area contributed by atoms with E-state index in [1.165, 1.54) is 6.92 Å². The molecular formula is C20H24BrN3O9S. The monoisotopic (exact) mass is 561 g/mol. The molecular weight excluding hydrogens is 538 g/mol. The van der Waals surface area contributed by atoms with Crippen LogP contribution in [0, 0.1) is 0 Å². The topological polar surface area (TPSA) is 151 Å². The number of nitrogens with zero attached hydrogens (tertiary/aromatic N) is 1. The Hall–Kier alpha value is -2.84. The standard InChI is InChI=1S/C20H24BrN3O9S/c1-9(25)29-8-14-16(30-10(2)26)17(31-11(3)27)18(32-12(4)28)19(33-14)24-20(34)23-15-6-5-13(21)7-22-15/h5-7,14,16-19H,8H2,1-4H3,(H2,22,23,24,34)/t14-,16+,17-,18-,19+/m0/s1. The summed E-state index contributed by atoms with van der Waals surface area (Å²) < 4.78 is 27.7. The maximum absolute atomic E-state index is 11.8. The molecule has 1 saturated heterocycles. The molecule has 0 bridgehead atoms.